The van der Waals surface area contributed by atoms with Crippen molar-refractivity contribution >= 4 is 22.8 Å². The summed E-state index contributed by atoms with van der Waals surface area (Å²) in [6.07, 6.45) is 1.68. The molecule has 2 heterocycles. The van der Waals surface area contributed by atoms with Crippen LogP contribution in [-0.2, 0) is 17.8 Å². The molecule has 9 heteroatoms. The van der Waals surface area contributed by atoms with Gasteiger partial charge in [0, 0.05) is 22.1 Å². The molecule has 5 aromatic rings. The topological polar surface area (TPSA) is 115 Å². The maximum atomic E-state index is 12.5. The summed E-state index contributed by atoms with van der Waals surface area (Å²) >= 11 is 0. The van der Waals surface area contributed by atoms with Crippen LogP contribution in [0.4, 0.5) is 0 Å². The number of aromatic nitrogens is 4. The second kappa shape index (κ2) is 9.83. The number of hydrogen-bond donors (Lipinski definition) is 2. The van der Waals surface area contributed by atoms with Gasteiger partial charge in [-0.1, -0.05) is 54.6 Å². The molecular formula is C27H24N6O3. The minimum absolute atomic E-state index is 0.0879. The molecule has 36 heavy (non-hydrogen) atoms. The first-order valence-electron chi connectivity index (χ1n) is 11.5. The van der Waals surface area contributed by atoms with Crippen LogP contribution in [0.1, 0.15) is 32.6 Å². The van der Waals surface area contributed by atoms with Gasteiger partial charge in [-0.05, 0) is 47.9 Å². The van der Waals surface area contributed by atoms with E-state index >= 15 is 0 Å². The molecule has 0 aliphatic rings. The van der Waals surface area contributed by atoms with Crippen molar-refractivity contribution in [1.29, 1.82) is 0 Å². The number of benzene rings is 3. The van der Waals surface area contributed by atoms with E-state index in [1.165, 1.54) is 4.80 Å². The van der Waals surface area contributed by atoms with Gasteiger partial charge in [0.05, 0.1) is 19.2 Å². The lowest BCUT2D eigenvalue weighted by Gasteiger charge is -2.08. The normalized spacial score (nSPS) is 10.9. The van der Waals surface area contributed by atoms with E-state index in [0.29, 0.717) is 17.9 Å². The van der Waals surface area contributed by atoms with E-state index in [9.17, 15) is 9.59 Å². The molecule has 0 fully saturated rings. The number of aryl methyl sites for hydroxylation is 2. The molecule has 0 aliphatic heterocycles. The summed E-state index contributed by atoms with van der Waals surface area (Å²) in [6, 6.07) is 20.5. The Balaban J connectivity index is 1.15. The Morgan fingerprint density at radius 1 is 0.944 bits per heavy atom. The lowest BCUT2D eigenvalue weighted by atomic mass is 10.0. The van der Waals surface area contributed by atoms with E-state index in [2.05, 4.69) is 26.3 Å². The van der Waals surface area contributed by atoms with Crippen LogP contribution in [0.3, 0.4) is 0 Å². The molecule has 5 rings (SSSR count). The number of hydrogen-bond acceptors (Lipinski definition) is 6. The fraction of sp³-hybridized carbons (Fsp3) is 0.148. The molecule has 3 aromatic carbocycles. The number of fused-ring (bicyclic) bond motifs is 1. The van der Waals surface area contributed by atoms with E-state index < -0.39 is 5.91 Å². The number of furan rings is 1. The maximum Gasteiger partial charge on any atom is 0.269 e. The number of nitrogens with one attached hydrogen (secondary N) is 2. The van der Waals surface area contributed by atoms with E-state index in [1.54, 1.807) is 18.4 Å². The summed E-state index contributed by atoms with van der Waals surface area (Å²) in [5, 5.41) is 13.5. The van der Waals surface area contributed by atoms with E-state index in [4.69, 9.17) is 4.42 Å². The molecule has 2 N–H and O–H groups in total. The van der Waals surface area contributed by atoms with E-state index in [1.807, 2.05) is 68.4 Å². The van der Waals surface area contributed by atoms with Gasteiger partial charge in [-0.25, -0.2) is 0 Å². The second-order valence-electron chi connectivity index (χ2n) is 8.53. The molecular weight excluding hydrogens is 456 g/mol. The molecule has 2 amide bonds. The Morgan fingerprint density at radius 2 is 1.72 bits per heavy atom. The molecule has 0 bridgehead atoms. The highest BCUT2D eigenvalue weighted by Gasteiger charge is 2.14. The number of carbonyl (C=O) groups excluding carboxylic acids is 2. The van der Waals surface area contributed by atoms with Gasteiger partial charge in [0.1, 0.15) is 5.58 Å². The molecule has 0 spiro atoms. The molecule has 0 unspecified atom stereocenters. The third-order valence-corrected chi connectivity index (χ3v) is 6.03. The van der Waals surface area contributed by atoms with Crippen molar-refractivity contribution in [3.8, 4) is 11.4 Å². The van der Waals surface area contributed by atoms with Crippen molar-refractivity contribution in [2.24, 2.45) is 0 Å². The van der Waals surface area contributed by atoms with Crippen molar-refractivity contribution in [3.63, 3.8) is 0 Å². The maximum absolute atomic E-state index is 12.5. The van der Waals surface area contributed by atoms with Crippen LogP contribution in [0.5, 0.6) is 0 Å². The fourth-order valence-corrected chi connectivity index (χ4v) is 3.88. The van der Waals surface area contributed by atoms with Gasteiger partial charge in [0.15, 0.2) is 0 Å². The molecule has 0 saturated heterocycles. The van der Waals surface area contributed by atoms with Crippen LogP contribution in [0.25, 0.3) is 22.4 Å². The molecule has 0 radical (unpaired) electrons. The molecule has 0 aliphatic carbocycles. The van der Waals surface area contributed by atoms with Gasteiger partial charge in [0.2, 0.25) is 11.7 Å². The van der Waals surface area contributed by atoms with Crippen LogP contribution >= 0.6 is 0 Å². The van der Waals surface area contributed by atoms with Crippen LogP contribution < -0.4 is 10.9 Å². The summed E-state index contributed by atoms with van der Waals surface area (Å²) in [4.78, 5) is 26.4. The first-order chi connectivity index (χ1) is 17.5. The number of hydrazine groups is 1. The molecule has 2 aromatic heterocycles. The number of carbonyl (C=O) groups is 2. The van der Waals surface area contributed by atoms with Crippen molar-refractivity contribution < 1.29 is 14.0 Å². The Bertz CT molecular complexity index is 1540. The lowest BCUT2D eigenvalue weighted by Crippen LogP contribution is -2.42. The summed E-state index contributed by atoms with van der Waals surface area (Å²) in [5.41, 5.74) is 10.9. The number of rotatable bonds is 6. The van der Waals surface area contributed by atoms with Crippen molar-refractivity contribution in [2.75, 3.05) is 0 Å². The van der Waals surface area contributed by atoms with E-state index in [0.717, 1.165) is 38.8 Å². The van der Waals surface area contributed by atoms with Gasteiger partial charge in [0.25, 0.3) is 5.91 Å². The lowest BCUT2D eigenvalue weighted by molar-refractivity contribution is -0.121. The summed E-state index contributed by atoms with van der Waals surface area (Å²) in [5.74, 6) is -0.202. The highest BCUT2D eigenvalue weighted by Crippen LogP contribution is 2.26. The Hall–Kier alpha value is -4.79. The average molecular weight is 481 g/mol. The third-order valence-electron chi connectivity index (χ3n) is 6.03. The second-order valence-corrected chi connectivity index (χ2v) is 8.53. The van der Waals surface area contributed by atoms with Crippen LogP contribution in [0, 0.1) is 13.8 Å². The SMILES string of the molecule is Cc1ccc2c(CC(=O)NNC(=O)c3ccc(Cn4nnc(-c5ccccc5)n4)cc3)coc2c1C. The average Bonchev–Trinajstić information content (AvgIpc) is 3.53. The molecule has 9 nitrogen and oxygen atoms in total. The van der Waals surface area contributed by atoms with Crippen LogP contribution in [-0.4, -0.2) is 32.0 Å². The summed E-state index contributed by atoms with van der Waals surface area (Å²) in [6.45, 7) is 4.41. The predicted octanol–water partition coefficient (Wildman–Crippen LogP) is 3.76. The highest BCUT2D eigenvalue weighted by molar-refractivity contribution is 5.96. The van der Waals surface area contributed by atoms with E-state index in [-0.39, 0.29) is 12.3 Å². The number of nitrogens with zero attached hydrogens (tertiary/aromatic N) is 4. The fourth-order valence-electron chi connectivity index (χ4n) is 3.88. The molecule has 0 atom stereocenters. The van der Waals surface area contributed by atoms with Gasteiger partial charge in [-0.15, -0.1) is 10.2 Å². The molecule has 0 saturated carbocycles. The zero-order valence-corrected chi connectivity index (χ0v) is 19.9. The monoisotopic (exact) mass is 480 g/mol. The van der Waals surface area contributed by atoms with Crippen molar-refractivity contribution in [1.82, 2.24) is 31.1 Å². The summed E-state index contributed by atoms with van der Waals surface area (Å²) in [7, 11) is 0. The number of tetrazole rings is 1. The largest absolute Gasteiger partial charge is 0.464 e. The standard InChI is InChI=1S/C27H24N6O3/c1-17-8-13-23-22(16-36-25(23)18(17)2)14-24(34)28-30-27(35)21-11-9-19(10-12-21)15-33-31-26(29-32-33)20-6-4-3-5-7-20/h3-13,16H,14-15H2,1-2H3,(H,28,34)(H,30,35). The minimum atomic E-state index is -0.413. The third kappa shape index (κ3) is 4.85. The van der Waals surface area contributed by atoms with Gasteiger partial charge in [-0.2, -0.15) is 4.80 Å². The van der Waals surface area contributed by atoms with Gasteiger partial charge in [-0.3, -0.25) is 20.4 Å². The zero-order chi connectivity index (χ0) is 25.1. The smallest absolute Gasteiger partial charge is 0.269 e. The quantitative estimate of drug-likeness (QED) is 0.358. The van der Waals surface area contributed by atoms with Crippen molar-refractivity contribution in [3.05, 3.63) is 101 Å². The predicted molar refractivity (Wildman–Crippen MR) is 134 cm³/mol. The Labute approximate surface area is 207 Å². The zero-order valence-electron chi connectivity index (χ0n) is 19.9. The van der Waals surface area contributed by atoms with Crippen LogP contribution in [0.2, 0.25) is 0 Å². The van der Waals surface area contributed by atoms with Gasteiger partial charge >= 0.3 is 0 Å². The first kappa shape index (κ1) is 23.0. The van der Waals surface area contributed by atoms with Gasteiger partial charge < -0.3 is 4.42 Å². The van der Waals surface area contributed by atoms with Crippen LogP contribution in [0.15, 0.2) is 77.4 Å². The Kier molecular flexibility index (Phi) is 6.27. The number of amides is 2. The minimum Gasteiger partial charge on any atom is -0.464 e. The Morgan fingerprint density at radius 3 is 2.50 bits per heavy atom. The first-order valence-corrected chi connectivity index (χ1v) is 11.5. The molecule has 180 valence electrons. The van der Waals surface area contributed by atoms with Crippen molar-refractivity contribution in [2.45, 2.75) is 26.8 Å². The summed E-state index contributed by atoms with van der Waals surface area (Å²) < 4.78 is 5.65. The highest BCUT2D eigenvalue weighted by atomic mass is 16.3.